The Morgan fingerprint density at radius 2 is 1.83 bits per heavy atom. The molecule has 2 aromatic rings. The van der Waals surface area contributed by atoms with Gasteiger partial charge in [-0.15, -0.1) is 0 Å². The topological polar surface area (TPSA) is 54.4 Å². The van der Waals surface area contributed by atoms with E-state index in [4.69, 9.17) is 14.6 Å². The molecule has 0 bridgehead atoms. The van der Waals surface area contributed by atoms with E-state index in [0.29, 0.717) is 26.2 Å². The van der Waals surface area contributed by atoms with E-state index in [0.717, 1.165) is 40.2 Å². The van der Waals surface area contributed by atoms with Gasteiger partial charge in [0.25, 0.3) is 5.91 Å². The summed E-state index contributed by atoms with van der Waals surface area (Å²) in [5.74, 6) is 0.812. The number of benzene rings is 2. The molecule has 29 heavy (non-hydrogen) atoms. The molecule has 2 aromatic carbocycles. The molecular weight excluding hydrogens is 434 g/mol. The molecule has 2 aliphatic rings. The van der Waals surface area contributed by atoms with Crippen LogP contribution in [0.4, 0.5) is 0 Å². The Labute approximate surface area is 179 Å². The van der Waals surface area contributed by atoms with Crippen molar-refractivity contribution in [2.24, 2.45) is 5.10 Å². The van der Waals surface area contributed by atoms with E-state index in [-0.39, 0.29) is 11.9 Å². The van der Waals surface area contributed by atoms with Crippen molar-refractivity contribution in [2.75, 3.05) is 40.0 Å². The summed E-state index contributed by atoms with van der Waals surface area (Å²) >= 11 is 3.47. The van der Waals surface area contributed by atoms with Gasteiger partial charge in [-0.05, 0) is 35.4 Å². The van der Waals surface area contributed by atoms with E-state index in [1.807, 2.05) is 48.5 Å². The van der Waals surface area contributed by atoms with Gasteiger partial charge < -0.3 is 9.47 Å². The van der Waals surface area contributed by atoms with Gasteiger partial charge in [0.15, 0.2) is 0 Å². The van der Waals surface area contributed by atoms with Crippen LogP contribution in [0.1, 0.15) is 23.6 Å². The van der Waals surface area contributed by atoms with E-state index >= 15 is 0 Å². The van der Waals surface area contributed by atoms with Gasteiger partial charge in [0.1, 0.15) is 5.75 Å². The Balaban J connectivity index is 1.59. The fourth-order valence-corrected chi connectivity index (χ4v) is 3.93. The summed E-state index contributed by atoms with van der Waals surface area (Å²) in [6.45, 7) is 3.24. The maximum atomic E-state index is 13.2. The molecule has 6 nitrogen and oxygen atoms in total. The molecule has 0 saturated carbocycles. The molecule has 4 rings (SSSR count). The van der Waals surface area contributed by atoms with Crippen molar-refractivity contribution in [3.63, 3.8) is 0 Å². The van der Waals surface area contributed by atoms with Crippen LogP contribution in [0.5, 0.6) is 5.75 Å². The largest absolute Gasteiger partial charge is 0.497 e. The Bertz CT molecular complexity index is 877. The number of halogens is 1. The molecule has 152 valence electrons. The summed E-state index contributed by atoms with van der Waals surface area (Å²) in [6, 6.07) is 15.8. The molecular formula is C22H24BrN3O3. The zero-order chi connectivity index (χ0) is 20.2. The van der Waals surface area contributed by atoms with Gasteiger partial charge in [0.05, 0.1) is 38.6 Å². The summed E-state index contributed by atoms with van der Waals surface area (Å²) < 4.78 is 11.7. The summed E-state index contributed by atoms with van der Waals surface area (Å²) in [7, 11) is 1.65. The molecule has 0 aromatic heterocycles. The zero-order valence-electron chi connectivity index (χ0n) is 16.4. The SMILES string of the molecule is COc1ccc([C@H]2CC(c3ccc(Br)cc3)=NN2C(=O)CN2CCOCC2)cc1. The fraction of sp³-hybridized carbons (Fsp3) is 0.364. The Morgan fingerprint density at radius 1 is 1.14 bits per heavy atom. The lowest BCUT2D eigenvalue weighted by molar-refractivity contribution is -0.135. The van der Waals surface area contributed by atoms with Crippen molar-refractivity contribution >= 4 is 27.5 Å². The summed E-state index contributed by atoms with van der Waals surface area (Å²) in [4.78, 5) is 15.3. The quantitative estimate of drug-likeness (QED) is 0.689. The fourth-order valence-electron chi connectivity index (χ4n) is 3.67. The molecule has 2 aliphatic heterocycles. The van der Waals surface area contributed by atoms with E-state index in [1.165, 1.54) is 0 Å². The Hall–Kier alpha value is -2.22. The number of nitrogens with zero attached hydrogens (tertiary/aromatic N) is 3. The van der Waals surface area contributed by atoms with Gasteiger partial charge in [-0.1, -0.05) is 40.2 Å². The predicted molar refractivity (Wildman–Crippen MR) is 115 cm³/mol. The number of methoxy groups -OCH3 is 1. The molecule has 0 spiro atoms. The molecule has 1 fully saturated rings. The smallest absolute Gasteiger partial charge is 0.257 e. The molecule has 0 N–H and O–H groups in total. The van der Waals surface area contributed by atoms with Crippen LogP contribution in [0.15, 0.2) is 58.1 Å². The standard InChI is InChI=1S/C22H24BrN3O3/c1-28-19-8-4-17(5-9-19)21-14-20(16-2-6-18(23)7-3-16)24-26(21)22(27)15-25-10-12-29-13-11-25/h2-9,21H,10-15H2,1H3/t21-/m1/s1. The number of ether oxygens (including phenoxy) is 2. The Morgan fingerprint density at radius 3 is 2.48 bits per heavy atom. The minimum Gasteiger partial charge on any atom is -0.497 e. The van der Waals surface area contributed by atoms with Gasteiger partial charge in [0.2, 0.25) is 0 Å². The number of amides is 1. The highest BCUT2D eigenvalue weighted by atomic mass is 79.9. The van der Waals surface area contributed by atoms with Crippen LogP contribution in [0, 0.1) is 0 Å². The number of carbonyl (C=O) groups excluding carboxylic acids is 1. The summed E-state index contributed by atoms with van der Waals surface area (Å²) in [5.41, 5.74) is 3.01. The van der Waals surface area contributed by atoms with Crippen molar-refractivity contribution in [3.8, 4) is 5.75 Å². The van der Waals surface area contributed by atoms with Crippen LogP contribution < -0.4 is 4.74 Å². The average Bonchev–Trinajstić information content (AvgIpc) is 3.21. The first-order valence-corrected chi connectivity index (χ1v) is 10.5. The van der Waals surface area contributed by atoms with Crippen molar-refractivity contribution in [2.45, 2.75) is 12.5 Å². The van der Waals surface area contributed by atoms with Gasteiger partial charge >= 0.3 is 0 Å². The second-order valence-electron chi connectivity index (χ2n) is 7.17. The van der Waals surface area contributed by atoms with Crippen LogP contribution in [0.2, 0.25) is 0 Å². The first-order valence-electron chi connectivity index (χ1n) is 9.73. The maximum Gasteiger partial charge on any atom is 0.257 e. The monoisotopic (exact) mass is 457 g/mol. The third kappa shape index (κ3) is 4.69. The molecule has 1 saturated heterocycles. The van der Waals surface area contributed by atoms with Crippen LogP contribution in [0.25, 0.3) is 0 Å². The van der Waals surface area contributed by atoms with Gasteiger partial charge in [0, 0.05) is 24.0 Å². The second-order valence-corrected chi connectivity index (χ2v) is 8.09. The Kier molecular flexibility index (Phi) is 6.28. The van der Waals surface area contributed by atoms with Crippen LogP contribution >= 0.6 is 15.9 Å². The third-order valence-electron chi connectivity index (χ3n) is 5.31. The number of hydrogen-bond donors (Lipinski definition) is 0. The van der Waals surface area contributed by atoms with Gasteiger partial charge in [-0.25, -0.2) is 5.01 Å². The van der Waals surface area contributed by atoms with Crippen LogP contribution in [0.3, 0.4) is 0 Å². The lowest BCUT2D eigenvalue weighted by atomic mass is 9.98. The van der Waals surface area contributed by atoms with Crippen molar-refractivity contribution in [3.05, 3.63) is 64.1 Å². The van der Waals surface area contributed by atoms with E-state index < -0.39 is 0 Å². The lowest BCUT2D eigenvalue weighted by Gasteiger charge is -2.29. The van der Waals surface area contributed by atoms with E-state index in [9.17, 15) is 4.79 Å². The summed E-state index contributed by atoms with van der Waals surface area (Å²) in [6.07, 6.45) is 0.683. The van der Waals surface area contributed by atoms with E-state index in [1.54, 1.807) is 12.1 Å². The minimum absolute atomic E-state index is 0.0137. The first kappa shape index (κ1) is 20.1. The molecule has 7 heteroatoms. The second kappa shape index (κ2) is 9.07. The molecule has 0 aliphatic carbocycles. The lowest BCUT2D eigenvalue weighted by Crippen LogP contribution is -2.43. The van der Waals surface area contributed by atoms with Crippen molar-refractivity contribution < 1.29 is 14.3 Å². The van der Waals surface area contributed by atoms with Gasteiger partial charge in [-0.3, -0.25) is 9.69 Å². The zero-order valence-corrected chi connectivity index (χ0v) is 18.0. The highest BCUT2D eigenvalue weighted by Gasteiger charge is 2.33. The number of hydrogen-bond acceptors (Lipinski definition) is 5. The third-order valence-corrected chi connectivity index (χ3v) is 5.84. The molecule has 0 radical (unpaired) electrons. The van der Waals surface area contributed by atoms with Gasteiger partial charge in [-0.2, -0.15) is 5.10 Å². The highest BCUT2D eigenvalue weighted by Crippen LogP contribution is 2.34. The number of hydrazone groups is 1. The highest BCUT2D eigenvalue weighted by molar-refractivity contribution is 9.10. The minimum atomic E-state index is -0.118. The molecule has 2 heterocycles. The average molecular weight is 458 g/mol. The number of morpholine rings is 1. The normalized spacial score (nSPS) is 19.9. The molecule has 0 unspecified atom stereocenters. The van der Waals surface area contributed by atoms with Crippen molar-refractivity contribution in [1.82, 2.24) is 9.91 Å². The summed E-state index contributed by atoms with van der Waals surface area (Å²) in [5, 5.41) is 6.41. The number of carbonyl (C=O) groups is 1. The van der Waals surface area contributed by atoms with Crippen molar-refractivity contribution in [1.29, 1.82) is 0 Å². The maximum absolute atomic E-state index is 13.2. The molecule has 1 amide bonds. The molecule has 1 atom stereocenters. The predicted octanol–water partition coefficient (Wildman–Crippen LogP) is 3.47. The van der Waals surface area contributed by atoms with E-state index in [2.05, 4.69) is 20.8 Å². The van der Waals surface area contributed by atoms with Crippen LogP contribution in [-0.4, -0.2) is 61.5 Å². The van der Waals surface area contributed by atoms with Crippen LogP contribution in [-0.2, 0) is 9.53 Å². The first-order chi connectivity index (χ1) is 14.1. The number of rotatable bonds is 5.